The first kappa shape index (κ1) is 27.8. The number of carbonyl (C=O) groups excluding carboxylic acids is 2. The van der Waals surface area contributed by atoms with Crippen LogP contribution in [0, 0.1) is 11.3 Å². The molecule has 0 aromatic heterocycles. The third-order valence-electron chi connectivity index (χ3n) is 6.00. The number of esters is 1. The van der Waals surface area contributed by atoms with Gasteiger partial charge in [0.05, 0.1) is 41.0 Å². The molecule has 0 fully saturated rings. The number of benzene rings is 3. The van der Waals surface area contributed by atoms with Crippen molar-refractivity contribution in [3.8, 4) is 11.8 Å². The molecule has 7 nitrogen and oxygen atoms in total. The third-order valence-corrected chi connectivity index (χ3v) is 7.27. The first-order chi connectivity index (χ1) is 18.9. The zero-order chi connectivity index (χ0) is 27.8. The van der Waals surface area contributed by atoms with E-state index >= 15 is 0 Å². The van der Waals surface area contributed by atoms with E-state index < -0.39 is 11.9 Å². The number of hydrogen-bond donors (Lipinski definition) is 2. The predicted octanol–water partition coefficient (Wildman–Crippen LogP) is 6.16. The highest BCUT2D eigenvalue weighted by Crippen LogP contribution is 2.41. The molecule has 39 heavy (non-hydrogen) atoms. The maximum Gasteiger partial charge on any atom is 0.337 e. The van der Waals surface area contributed by atoms with Crippen molar-refractivity contribution >= 4 is 40.9 Å². The van der Waals surface area contributed by atoms with Crippen LogP contribution < -0.4 is 15.4 Å². The van der Waals surface area contributed by atoms with Crippen LogP contribution in [0.15, 0.2) is 101 Å². The van der Waals surface area contributed by atoms with Crippen molar-refractivity contribution in [2.75, 3.05) is 18.2 Å². The summed E-state index contributed by atoms with van der Waals surface area (Å²) in [5.41, 5.74) is 3.39. The van der Waals surface area contributed by atoms with Gasteiger partial charge in [0.15, 0.2) is 0 Å². The summed E-state index contributed by atoms with van der Waals surface area (Å²) in [5.74, 6) is -0.726. The number of rotatable bonds is 9. The largest absolute Gasteiger partial charge is 0.497 e. The Labute approximate surface area is 236 Å². The number of ether oxygens (including phenoxy) is 2. The van der Waals surface area contributed by atoms with Crippen LogP contribution in [0.25, 0.3) is 0 Å². The number of hydrogen-bond acceptors (Lipinski definition) is 7. The zero-order valence-electron chi connectivity index (χ0n) is 21.4. The molecule has 1 aliphatic heterocycles. The molecule has 198 valence electrons. The standard InChI is InChI=1S/C30H26ClN3O4S/c1-19-27(30(36)38-17-20-6-4-3-5-7-20)28(21-8-10-22(31)11-9-21)25(16-32)29(33-19)39-18-26(35)34-23-12-14-24(37-2)15-13-23/h3-15,28,33H,17-18H2,1-2H3,(H,34,35). The lowest BCUT2D eigenvalue weighted by molar-refractivity contribution is -0.140. The second kappa shape index (κ2) is 13.1. The van der Waals surface area contributed by atoms with Gasteiger partial charge in [-0.2, -0.15) is 5.26 Å². The van der Waals surface area contributed by atoms with Crippen molar-refractivity contribution in [3.05, 3.63) is 117 Å². The fourth-order valence-electron chi connectivity index (χ4n) is 4.10. The van der Waals surface area contributed by atoms with Crippen LogP contribution in [0.4, 0.5) is 5.69 Å². The van der Waals surface area contributed by atoms with Crippen LogP contribution >= 0.6 is 23.4 Å². The van der Waals surface area contributed by atoms with Gasteiger partial charge >= 0.3 is 5.97 Å². The van der Waals surface area contributed by atoms with E-state index in [0.29, 0.717) is 43.9 Å². The van der Waals surface area contributed by atoms with Gasteiger partial charge in [-0.25, -0.2) is 4.79 Å². The molecule has 0 spiro atoms. The van der Waals surface area contributed by atoms with Crippen LogP contribution in [0.3, 0.4) is 0 Å². The Kier molecular flexibility index (Phi) is 9.31. The number of nitrogens with one attached hydrogen (secondary N) is 2. The number of nitrogens with zero attached hydrogens (tertiary/aromatic N) is 1. The van der Waals surface area contributed by atoms with Gasteiger partial charge in [0, 0.05) is 16.4 Å². The van der Waals surface area contributed by atoms with E-state index in [2.05, 4.69) is 16.7 Å². The van der Waals surface area contributed by atoms with Gasteiger partial charge in [-0.15, -0.1) is 0 Å². The molecule has 0 aliphatic carbocycles. The monoisotopic (exact) mass is 559 g/mol. The Morgan fingerprint density at radius 2 is 1.74 bits per heavy atom. The summed E-state index contributed by atoms with van der Waals surface area (Å²) >= 11 is 7.31. The Balaban J connectivity index is 1.56. The molecule has 1 heterocycles. The highest BCUT2D eigenvalue weighted by Gasteiger charge is 2.35. The molecule has 0 saturated carbocycles. The van der Waals surface area contributed by atoms with Crippen LogP contribution in [-0.2, 0) is 20.9 Å². The topological polar surface area (TPSA) is 100 Å². The van der Waals surface area contributed by atoms with E-state index in [1.807, 2.05) is 30.3 Å². The van der Waals surface area contributed by atoms with Crippen molar-refractivity contribution < 1.29 is 19.1 Å². The van der Waals surface area contributed by atoms with Crippen LogP contribution in [-0.4, -0.2) is 24.7 Å². The summed E-state index contributed by atoms with van der Waals surface area (Å²) in [7, 11) is 1.57. The summed E-state index contributed by atoms with van der Waals surface area (Å²) in [4.78, 5) is 26.0. The predicted molar refractivity (Wildman–Crippen MR) is 153 cm³/mol. The van der Waals surface area contributed by atoms with Gasteiger partial charge in [-0.1, -0.05) is 65.8 Å². The van der Waals surface area contributed by atoms with E-state index in [4.69, 9.17) is 21.1 Å². The van der Waals surface area contributed by atoms with Gasteiger partial charge in [-0.3, -0.25) is 4.79 Å². The number of thioether (sulfide) groups is 1. The van der Waals surface area contributed by atoms with Gasteiger partial charge in [-0.05, 0) is 54.4 Å². The Bertz CT molecular complexity index is 1450. The van der Waals surface area contributed by atoms with Crippen molar-refractivity contribution in [3.63, 3.8) is 0 Å². The summed E-state index contributed by atoms with van der Waals surface area (Å²) in [6.07, 6.45) is 0. The van der Waals surface area contributed by atoms with E-state index in [9.17, 15) is 14.9 Å². The number of anilines is 1. The van der Waals surface area contributed by atoms with Crippen LogP contribution in [0.2, 0.25) is 5.02 Å². The zero-order valence-corrected chi connectivity index (χ0v) is 22.9. The number of halogens is 1. The van der Waals surface area contributed by atoms with Crippen LogP contribution in [0.5, 0.6) is 5.75 Å². The van der Waals surface area contributed by atoms with E-state index in [0.717, 1.165) is 5.56 Å². The highest BCUT2D eigenvalue weighted by molar-refractivity contribution is 8.03. The average Bonchev–Trinajstić information content (AvgIpc) is 2.96. The fraction of sp³-hybridized carbons (Fsp3) is 0.167. The highest BCUT2D eigenvalue weighted by atomic mass is 35.5. The maximum absolute atomic E-state index is 13.4. The van der Waals surface area contributed by atoms with Crippen LogP contribution in [0.1, 0.15) is 24.0 Å². The molecular weight excluding hydrogens is 534 g/mol. The third kappa shape index (κ3) is 7.02. The number of allylic oxidation sites excluding steroid dienone is 2. The molecule has 3 aromatic carbocycles. The summed E-state index contributed by atoms with van der Waals surface area (Å²) in [6, 6.07) is 25.6. The van der Waals surface area contributed by atoms with Crippen molar-refractivity contribution in [2.45, 2.75) is 19.4 Å². The summed E-state index contributed by atoms with van der Waals surface area (Å²) < 4.78 is 10.8. The minimum Gasteiger partial charge on any atom is -0.497 e. The smallest absolute Gasteiger partial charge is 0.337 e. The molecule has 1 atom stereocenters. The Hall–Kier alpha value is -4.19. The van der Waals surface area contributed by atoms with Gasteiger partial charge < -0.3 is 20.1 Å². The Morgan fingerprint density at radius 3 is 2.38 bits per heavy atom. The first-order valence-electron chi connectivity index (χ1n) is 12.0. The van der Waals surface area contributed by atoms with Gasteiger partial charge in [0.1, 0.15) is 12.4 Å². The molecule has 1 amide bonds. The summed E-state index contributed by atoms with van der Waals surface area (Å²) in [6.45, 7) is 1.86. The van der Waals surface area contributed by atoms with E-state index in [-0.39, 0.29) is 18.3 Å². The molecule has 1 aliphatic rings. The number of carbonyl (C=O) groups is 2. The molecule has 0 bridgehead atoms. The van der Waals surface area contributed by atoms with Gasteiger partial charge in [0.25, 0.3) is 0 Å². The second-order valence-electron chi connectivity index (χ2n) is 8.63. The maximum atomic E-state index is 13.4. The van der Waals surface area contributed by atoms with E-state index in [1.165, 1.54) is 11.8 Å². The number of nitriles is 1. The molecule has 9 heteroatoms. The minimum absolute atomic E-state index is 0.0496. The normalized spacial score (nSPS) is 14.8. The lowest BCUT2D eigenvalue weighted by atomic mass is 9.82. The summed E-state index contributed by atoms with van der Waals surface area (Å²) in [5, 5.41) is 17.3. The molecule has 3 aromatic rings. The quantitative estimate of drug-likeness (QED) is 0.303. The van der Waals surface area contributed by atoms with E-state index in [1.54, 1.807) is 62.6 Å². The number of methoxy groups -OCH3 is 1. The fourth-order valence-corrected chi connectivity index (χ4v) is 5.11. The molecule has 0 radical (unpaired) electrons. The molecule has 0 saturated heterocycles. The van der Waals surface area contributed by atoms with Gasteiger partial charge in [0.2, 0.25) is 5.91 Å². The minimum atomic E-state index is -0.691. The van der Waals surface area contributed by atoms with Crippen molar-refractivity contribution in [2.24, 2.45) is 0 Å². The number of amides is 1. The SMILES string of the molecule is COc1ccc(NC(=O)CSC2=C(C#N)C(c3ccc(Cl)cc3)C(C(=O)OCc3ccccc3)=C(C)N2)cc1. The molecular formula is C30H26ClN3O4S. The Morgan fingerprint density at radius 1 is 1.05 bits per heavy atom. The average molecular weight is 560 g/mol. The molecule has 4 rings (SSSR count). The van der Waals surface area contributed by atoms with Crippen molar-refractivity contribution in [1.82, 2.24) is 5.32 Å². The number of dihydropyridines is 1. The first-order valence-corrected chi connectivity index (χ1v) is 13.4. The van der Waals surface area contributed by atoms with Crippen molar-refractivity contribution in [1.29, 1.82) is 5.26 Å². The second-order valence-corrected chi connectivity index (χ2v) is 10.1. The molecule has 2 N–H and O–H groups in total. The molecule has 1 unspecified atom stereocenters. The lowest BCUT2D eigenvalue weighted by Gasteiger charge is -2.29. The lowest BCUT2D eigenvalue weighted by Crippen LogP contribution is -2.29.